The first-order chi connectivity index (χ1) is 16.3. The van der Waals surface area contributed by atoms with E-state index < -0.39 is 42.9 Å². The Bertz CT molecular complexity index is 987. The van der Waals surface area contributed by atoms with Crippen molar-refractivity contribution in [3.63, 3.8) is 0 Å². The molecule has 0 fully saturated rings. The van der Waals surface area contributed by atoms with E-state index in [0.717, 1.165) is 22.3 Å². The van der Waals surface area contributed by atoms with Gasteiger partial charge in [0, 0.05) is 26.1 Å². The number of carboxylic acid groups (broad SMARTS) is 1. The highest BCUT2D eigenvalue weighted by Gasteiger charge is 2.31. The van der Waals surface area contributed by atoms with Crippen molar-refractivity contribution >= 4 is 18.0 Å². The number of rotatable bonds is 11. The number of aliphatic carboxylic acids is 1. The normalized spacial score (nSPS) is 14.1. The first-order valence-corrected chi connectivity index (χ1v) is 10.7. The zero-order valence-corrected chi connectivity index (χ0v) is 18.5. The third-order valence-corrected chi connectivity index (χ3v) is 5.60. The van der Waals surface area contributed by atoms with Crippen LogP contribution in [0, 0.1) is 0 Å². The van der Waals surface area contributed by atoms with Gasteiger partial charge < -0.3 is 25.2 Å². The van der Waals surface area contributed by atoms with Crippen LogP contribution in [0.2, 0.25) is 0 Å². The topological polar surface area (TPSA) is 114 Å². The van der Waals surface area contributed by atoms with Crippen molar-refractivity contribution < 1.29 is 37.7 Å². The summed E-state index contributed by atoms with van der Waals surface area (Å²) in [5.74, 6) is -2.50. The Kier molecular flexibility index (Phi) is 8.53. The van der Waals surface area contributed by atoms with E-state index in [2.05, 4.69) is 5.32 Å². The largest absolute Gasteiger partial charge is 0.480 e. The molecule has 2 unspecified atom stereocenters. The summed E-state index contributed by atoms with van der Waals surface area (Å²) in [4.78, 5) is 35.6. The Balaban J connectivity index is 1.58. The number of carbonyl (C=O) groups excluding carboxylic acids is 2. The molecule has 0 saturated carbocycles. The van der Waals surface area contributed by atoms with Gasteiger partial charge in [0.25, 0.3) is 6.43 Å². The summed E-state index contributed by atoms with van der Waals surface area (Å²) in [5, 5.41) is 13.3. The summed E-state index contributed by atoms with van der Waals surface area (Å²) < 4.78 is 37.0. The van der Waals surface area contributed by atoms with Crippen molar-refractivity contribution in [2.45, 2.75) is 37.3 Å². The monoisotopic (exact) mass is 476 g/mol. The van der Waals surface area contributed by atoms with Crippen LogP contribution < -0.4 is 10.6 Å². The maximum Gasteiger partial charge on any atom is 0.407 e. The number of benzene rings is 2. The van der Waals surface area contributed by atoms with E-state index in [1.807, 2.05) is 53.8 Å². The van der Waals surface area contributed by atoms with Crippen LogP contribution in [0.25, 0.3) is 11.1 Å². The number of ether oxygens (including phenoxy) is 2. The Morgan fingerprint density at radius 1 is 1.00 bits per heavy atom. The van der Waals surface area contributed by atoms with E-state index >= 15 is 0 Å². The average Bonchev–Trinajstić information content (AvgIpc) is 3.13. The molecule has 182 valence electrons. The van der Waals surface area contributed by atoms with Crippen LogP contribution in [0.4, 0.5) is 13.6 Å². The first-order valence-electron chi connectivity index (χ1n) is 10.7. The molecule has 0 radical (unpaired) electrons. The summed E-state index contributed by atoms with van der Waals surface area (Å²) >= 11 is 0. The van der Waals surface area contributed by atoms with Gasteiger partial charge in [-0.15, -0.1) is 0 Å². The molecule has 3 rings (SSSR count). The van der Waals surface area contributed by atoms with Crippen LogP contribution >= 0.6 is 0 Å². The molecule has 0 aliphatic heterocycles. The van der Waals surface area contributed by atoms with Crippen LogP contribution in [0.15, 0.2) is 48.5 Å². The van der Waals surface area contributed by atoms with Crippen LogP contribution in [0.5, 0.6) is 0 Å². The second kappa shape index (κ2) is 11.6. The number of halogens is 2. The molecule has 10 heteroatoms. The quantitative estimate of drug-likeness (QED) is 0.459. The zero-order valence-electron chi connectivity index (χ0n) is 18.5. The van der Waals surface area contributed by atoms with Crippen LogP contribution in [0.1, 0.15) is 29.9 Å². The van der Waals surface area contributed by atoms with Crippen LogP contribution in [-0.4, -0.2) is 61.9 Å². The third-order valence-electron chi connectivity index (χ3n) is 5.60. The van der Waals surface area contributed by atoms with Crippen molar-refractivity contribution in [2.24, 2.45) is 0 Å². The minimum atomic E-state index is -3.06. The van der Waals surface area contributed by atoms with Gasteiger partial charge >= 0.3 is 12.1 Å². The molecular formula is C24H26F2N2O6. The van der Waals surface area contributed by atoms with E-state index in [1.165, 1.54) is 7.11 Å². The molecule has 0 aromatic heterocycles. The number of nitrogens with one attached hydrogen (secondary N) is 2. The minimum Gasteiger partial charge on any atom is -0.480 e. The molecule has 1 aliphatic carbocycles. The molecule has 2 aromatic carbocycles. The average molecular weight is 476 g/mol. The standard InChI is InChI=1S/C24H26F2N2O6/c1-33-11-10-19(23(30)31)27-21(29)12-20(22(25)26)28-24(32)34-13-18-16-8-4-2-6-14(16)15-7-3-5-9-17(15)18/h2-9,18-20,22H,10-13H2,1H3,(H,27,29)(H,28,32)(H,30,31). The molecule has 2 amide bonds. The fourth-order valence-electron chi connectivity index (χ4n) is 3.94. The maximum absolute atomic E-state index is 13.5. The summed E-state index contributed by atoms with van der Waals surface area (Å²) in [6.07, 6.45) is -4.99. The van der Waals surface area contributed by atoms with Gasteiger partial charge in [0.15, 0.2) is 0 Å². The maximum atomic E-state index is 13.5. The van der Waals surface area contributed by atoms with E-state index in [-0.39, 0.29) is 25.6 Å². The third kappa shape index (κ3) is 6.07. The van der Waals surface area contributed by atoms with Gasteiger partial charge in [-0.05, 0) is 22.3 Å². The fraction of sp³-hybridized carbons (Fsp3) is 0.375. The molecule has 1 aliphatic rings. The van der Waals surface area contributed by atoms with Crippen molar-refractivity contribution in [2.75, 3.05) is 20.3 Å². The van der Waals surface area contributed by atoms with Crippen molar-refractivity contribution in [3.8, 4) is 11.1 Å². The lowest BCUT2D eigenvalue weighted by Crippen LogP contribution is -2.47. The molecule has 34 heavy (non-hydrogen) atoms. The predicted octanol–water partition coefficient (Wildman–Crippen LogP) is 3.15. The highest BCUT2D eigenvalue weighted by atomic mass is 19.3. The van der Waals surface area contributed by atoms with Crippen molar-refractivity contribution in [3.05, 3.63) is 59.7 Å². The Morgan fingerprint density at radius 2 is 1.59 bits per heavy atom. The second-order valence-electron chi connectivity index (χ2n) is 7.85. The van der Waals surface area contributed by atoms with Gasteiger partial charge in [0.1, 0.15) is 18.7 Å². The lowest BCUT2D eigenvalue weighted by Gasteiger charge is -2.20. The number of carbonyl (C=O) groups is 3. The summed E-state index contributed by atoms with van der Waals surface area (Å²) in [7, 11) is 1.37. The lowest BCUT2D eigenvalue weighted by atomic mass is 9.98. The smallest absolute Gasteiger partial charge is 0.407 e. The van der Waals surface area contributed by atoms with Crippen molar-refractivity contribution in [1.82, 2.24) is 10.6 Å². The number of methoxy groups -OCH3 is 1. The zero-order chi connectivity index (χ0) is 24.7. The molecule has 2 aromatic rings. The molecule has 0 saturated heterocycles. The molecule has 3 N–H and O–H groups in total. The molecule has 2 atom stereocenters. The van der Waals surface area contributed by atoms with Crippen molar-refractivity contribution in [1.29, 1.82) is 0 Å². The molecule has 0 bridgehead atoms. The summed E-state index contributed by atoms with van der Waals surface area (Å²) in [6.45, 7) is -0.00631. The summed E-state index contributed by atoms with van der Waals surface area (Å²) in [5.41, 5.74) is 3.99. The van der Waals surface area contributed by atoms with Gasteiger partial charge in [-0.2, -0.15) is 0 Å². The number of hydrogen-bond acceptors (Lipinski definition) is 5. The SMILES string of the molecule is COCCC(NC(=O)CC(NC(=O)OCC1c2ccccc2-c2ccccc21)C(F)F)C(=O)O. The van der Waals surface area contributed by atoms with E-state index in [0.29, 0.717) is 0 Å². The number of alkyl halides is 2. The van der Waals surface area contributed by atoms with Gasteiger partial charge in [-0.3, -0.25) is 4.79 Å². The Hall–Kier alpha value is -3.53. The minimum absolute atomic E-state index is 0.0310. The highest BCUT2D eigenvalue weighted by molar-refractivity contribution is 5.84. The Morgan fingerprint density at radius 3 is 2.12 bits per heavy atom. The number of amides is 2. The first kappa shape index (κ1) is 25.1. The summed E-state index contributed by atoms with van der Waals surface area (Å²) in [6, 6.07) is 12.2. The molecule has 0 heterocycles. The fourth-order valence-corrected chi connectivity index (χ4v) is 3.94. The van der Waals surface area contributed by atoms with Gasteiger partial charge in [-0.1, -0.05) is 48.5 Å². The van der Waals surface area contributed by atoms with Crippen LogP contribution in [-0.2, 0) is 19.1 Å². The molecule has 8 nitrogen and oxygen atoms in total. The molecular weight excluding hydrogens is 450 g/mol. The number of hydrogen-bond donors (Lipinski definition) is 3. The second-order valence-corrected chi connectivity index (χ2v) is 7.85. The van der Waals surface area contributed by atoms with Gasteiger partial charge in [0.05, 0.1) is 6.42 Å². The van der Waals surface area contributed by atoms with Gasteiger partial charge in [0.2, 0.25) is 5.91 Å². The lowest BCUT2D eigenvalue weighted by molar-refractivity contribution is -0.142. The Labute approximate surface area is 195 Å². The number of fused-ring (bicyclic) bond motifs is 3. The van der Waals surface area contributed by atoms with Crippen LogP contribution in [0.3, 0.4) is 0 Å². The molecule has 0 spiro atoms. The number of carboxylic acids is 1. The highest BCUT2D eigenvalue weighted by Crippen LogP contribution is 2.44. The van der Waals surface area contributed by atoms with E-state index in [9.17, 15) is 23.2 Å². The van der Waals surface area contributed by atoms with Gasteiger partial charge in [-0.25, -0.2) is 18.4 Å². The van der Waals surface area contributed by atoms with E-state index in [4.69, 9.17) is 14.6 Å². The number of alkyl carbamates (subject to hydrolysis) is 1. The van der Waals surface area contributed by atoms with E-state index in [1.54, 1.807) is 0 Å². The predicted molar refractivity (Wildman–Crippen MR) is 119 cm³/mol.